The first-order valence-corrected chi connectivity index (χ1v) is 10.6. The third-order valence-corrected chi connectivity index (χ3v) is 6.57. The zero-order chi connectivity index (χ0) is 18.8. The number of carbonyl (C=O) groups is 1. The van der Waals surface area contributed by atoms with Gasteiger partial charge in [-0.05, 0) is 54.1 Å². The van der Waals surface area contributed by atoms with Crippen LogP contribution in [0.5, 0.6) is 5.75 Å². The van der Waals surface area contributed by atoms with Crippen LogP contribution in [0.4, 0.5) is 5.69 Å². The van der Waals surface area contributed by atoms with E-state index in [1.54, 1.807) is 7.11 Å². The first-order valence-electron chi connectivity index (χ1n) is 8.99. The smallest absolute Gasteiger partial charge is 0.261 e. The van der Waals surface area contributed by atoms with Crippen molar-refractivity contribution in [1.29, 1.82) is 0 Å². The van der Waals surface area contributed by atoms with Crippen molar-refractivity contribution in [2.45, 2.75) is 6.42 Å². The van der Waals surface area contributed by atoms with Crippen LogP contribution in [-0.2, 0) is 0 Å². The lowest BCUT2D eigenvalue weighted by atomic mass is 10.1. The third kappa shape index (κ3) is 3.96. The maximum Gasteiger partial charge on any atom is 0.261 e. The number of benzene rings is 2. The molecule has 1 aliphatic rings. The summed E-state index contributed by atoms with van der Waals surface area (Å²) in [5, 5.41) is 4.22. The number of fused-ring (bicyclic) bond motifs is 1. The molecule has 0 aliphatic carbocycles. The number of halogens is 1. The molecule has 0 saturated carbocycles. The van der Waals surface area contributed by atoms with Crippen molar-refractivity contribution < 1.29 is 9.53 Å². The molecular weight excluding hydrogens is 424 g/mol. The largest absolute Gasteiger partial charge is 0.495 e. The Morgan fingerprint density at radius 3 is 3.00 bits per heavy atom. The summed E-state index contributed by atoms with van der Waals surface area (Å²) >= 11 is 5.02. The summed E-state index contributed by atoms with van der Waals surface area (Å²) in [6.45, 7) is 2.61. The number of para-hydroxylation sites is 2. The van der Waals surface area contributed by atoms with E-state index in [0.29, 0.717) is 12.5 Å². The van der Waals surface area contributed by atoms with Crippen molar-refractivity contribution in [3.63, 3.8) is 0 Å². The molecule has 1 amide bonds. The fraction of sp³-hybridized carbons (Fsp3) is 0.286. The summed E-state index contributed by atoms with van der Waals surface area (Å²) < 4.78 is 7.63. The van der Waals surface area contributed by atoms with Crippen LogP contribution in [-0.4, -0.2) is 32.7 Å². The number of ether oxygens (including phenoxy) is 1. The van der Waals surface area contributed by atoms with Crippen LogP contribution in [0, 0.1) is 5.92 Å². The molecule has 1 atom stereocenters. The molecule has 4 rings (SSSR count). The highest BCUT2D eigenvalue weighted by atomic mass is 79.9. The van der Waals surface area contributed by atoms with Gasteiger partial charge in [-0.15, -0.1) is 11.3 Å². The minimum atomic E-state index is 0.0167. The highest BCUT2D eigenvalue weighted by Gasteiger charge is 2.25. The van der Waals surface area contributed by atoms with Gasteiger partial charge in [-0.3, -0.25) is 4.79 Å². The molecule has 2 aromatic carbocycles. The van der Waals surface area contributed by atoms with E-state index >= 15 is 0 Å². The van der Waals surface area contributed by atoms with Crippen LogP contribution in [0.1, 0.15) is 16.1 Å². The van der Waals surface area contributed by atoms with E-state index < -0.39 is 0 Å². The Hall–Kier alpha value is -2.05. The molecule has 1 unspecified atom stereocenters. The maximum atomic E-state index is 12.6. The summed E-state index contributed by atoms with van der Waals surface area (Å²) in [4.78, 5) is 15.7. The number of rotatable bonds is 5. The second-order valence-electron chi connectivity index (χ2n) is 6.78. The monoisotopic (exact) mass is 444 g/mol. The van der Waals surface area contributed by atoms with E-state index in [4.69, 9.17) is 4.74 Å². The van der Waals surface area contributed by atoms with Gasteiger partial charge < -0.3 is 15.0 Å². The van der Waals surface area contributed by atoms with Crippen molar-refractivity contribution in [2.24, 2.45) is 5.92 Å². The summed E-state index contributed by atoms with van der Waals surface area (Å²) in [5.74, 6) is 1.36. The molecule has 0 bridgehead atoms. The maximum absolute atomic E-state index is 12.6. The average Bonchev–Trinajstić information content (AvgIpc) is 3.32. The lowest BCUT2D eigenvalue weighted by Crippen LogP contribution is -2.30. The second kappa shape index (κ2) is 7.90. The van der Waals surface area contributed by atoms with E-state index in [2.05, 4.69) is 32.2 Å². The SMILES string of the molecule is COc1ccccc1N1CCC(CNC(=O)c2cc3cc(Br)ccc3s2)C1. The normalized spacial score (nSPS) is 16.7. The van der Waals surface area contributed by atoms with Crippen LogP contribution < -0.4 is 15.0 Å². The van der Waals surface area contributed by atoms with Gasteiger partial charge in [0.25, 0.3) is 5.91 Å². The molecule has 6 heteroatoms. The van der Waals surface area contributed by atoms with Crippen molar-refractivity contribution in [1.82, 2.24) is 5.32 Å². The lowest BCUT2D eigenvalue weighted by molar-refractivity contribution is 0.0952. The second-order valence-corrected chi connectivity index (χ2v) is 8.77. The lowest BCUT2D eigenvalue weighted by Gasteiger charge is -2.21. The average molecular weight is 445 g/mol. The van der Waals surface area contributed by atoms with Crippen LogP contribution in [0.15, 0.2) is 53.0 Å². The molecule has 1 fully saturated rings. The Labute approximate surface area is 171 Å². The molecule has 0 spiro atoms. The number of thiophene rings is 1. The molecular formula is C21H21BrN2O2S. The van der Waals surface area contributed by atoms with Crippen molar-refractivity contribution in [2.75, 3.05) is 31.6 Å². The van der Waals surface area contributed by atoms with Crippen molar-refractivity contribution >= 4 is 48.9 Å². The van der Waals surface area contributed by atoms with Gasteiger partial charge in [0.15, 0.2) is 0 Å². The number of anilines is 1. The third-order valence-electron chi connectivity index (χ3n) is 4.97. The predicted octanol–water partition coefficient (Wildman–Crippen LogP) is 4.93. The Balaban J connectivity index is 1.37. The van der Waals surface area contributed by atoms with Crippen LogP contribution in [0.25, 0.3) is 10.1 Å². The summed E-state index contributed by atoms with van der Waals surface area (Å²) in [7, 11) is 1.70. The Morgan fingerprint density at radius 2 is 2.15 bits per heavy atom. The van der Waals surface area contributed by atoms with Gasteiger partial charge in [0.05, 0.1) is 17.7 Å². The molecule has 0 radical (unpaired) electrons. The van der Waals surface area contributed by atoms with Gasteiger partial charge in [-0.1, -0.05) is 28.1 Å². The highest BCUT2D eigenvalue weighted by Crippen LogP contribution is 2.32. The van der Waals surface area contributed by atoms with Gasteiger partial charge in [-0.2, -0.15) is 0 Å². The molecule has 4 nitrogen and oxygen atoms in total. The molecule has 1 saturated heterocycles. The Kier molecular flexibility index (Phi) is 5.36. The molecule has 3 aromatic rings. The van der Waals surface area contributed by atoms with E-state index in [1.807, 2.05) is 42.5 Å². The first-order chi connectivity index (χ1) is 13.1. The molecule has 140 valence electrons. The van der Waals surface area contributed by atoms with Gasteiger partial charge in [0, 0.05) is 28.8 Å². The minimum Gasteiger partial charge on any atom is -0.495 e. The predicted molar refractivity (Wildman–Crippen MR) is 115 cm³/mol. The van der Waals surface area contributed by atoms with Gasteiger partial charge >= 0.3 is 0 Å². The van der Waals surface area contributed by atoms with E-state index in [9.17, 15) is 4.79 Å². The van der Waals surface area contributed by atoms with Gasteiger partial charge in [0.2, 0.25) is 0 Å². The van der Waals surface area contributed by atoms with E-state index in [0.717, 1.165) is 50.4 Å². The van der Waals surface area contributed by atoms with E-state index in [-0.39, 0.29) is 5.91 Å². The van der Waals surface area contributed by atoms with Crippen molar-refractivity contribution in [3.05, 3.63) is 57.9 Å². The Morgan fingerprint density at radius 1 is 1.30 bits per heavy atom. The number of methoxy groups -OCH3 is 1. The van der Waals surface area contributed by atoms with Crippen LogP contribution in [0.3, 0.4) is 0 Å². The minimum absolute atomic E-state index is 0.0167. The number of hydrogen-bond acceptors (Lipinski definition) is 4. The molecule has 2 heterocycles. The van der Waals surface area contributed by atoms with Crippen LogP contribution >= 0.6 is 27.3 Å². The zero-order valence-corrected chi connectivity index (χ0v) is 17.5. The standard InChI is InChI=1S/C21H21BrN2O2S/c1-26-18-5-3-2-4-17(18)24-9-8-14(13-24)12-23-21(25)20-11-15-10-16(22)6-7-19(15)27-20/h2-7,10-11,14H,8-9,12-13H2,1H3,(H,23,25). The fourth-order valence-electron chi connectivity index (χ4n) is 3.56. The molecule has 27 heavy (non-hydrogen) atoms. The topological polar surface area (TPSA) is 41.6 Å². The fourth-order valence-corrected chi connectivity index (χ4v) is 4.90. The molecule has 1 N–H and O–H groups in total. The summed E-state index contributed by atoms with van der Waals surface area (Å²) in [5.41, 5.74) is 1.13. The molecule has 1 aromatic heterocycles. The number of carbonyl (C=O) groups excluding carboxylic acids is 1. The number of amides is 1. The highest BCUT2D eigenvalue weighted by molar-refractivity contribution is 9.10. The van der Waals surface area contributed by atoms with Crippen LogP contribution in [0.2, 0.25) is 0 Å². The first kappa shape index (κ1) is 18.3. The van der Waals surface area contributed by atoms with Gasteiger partial charge in [-0.25, -0.2) is 0 Å². The molecule has 1 aliphatic heterocycles. The Bertz CT molecular complexity index is 972. The summed E-state index contributed by atoms with van der Waals surface area (Å²) in [6, 6.07) is 16.2. The quantitative estimate of drug-likeness (QED) is 0.606. The number of nitrogens with one attached hydrogen (secondary N) is 1. The summed E-state index contributed by atoms with van der Waals surface area (Å²) in [6.07, 6.45) is 1.07. The van der Waals surface area contributed by atoms with Crippen molar-refractivity contribution in [3.8, 4) is 5.75 Å². The zero-order valence-electron chi connectivity index (χ0n) is 15.1. The van der Waals surface area contributed by atoms with Gasteiger partial charge in [0.1, 0.15) is 5.75 Å². The van der Waals surface area contributed by atoms with E-state index in [1.165, 1.54) is 11.3 Å². The number of hydrogen-bond donors (Lipinski definition) is 1. The number of nitrogens with zero attached hydrogens (tertiary/aromatic N) is 1.